The molecule has 0 saturated heterocycles. The van der Waals surface area contributed by atoms with Crippen LogP contribution in [-0.2, 0) is 16.0 Å². The number of Topliss-reactive ketones (excluding diaryl/α,β-unsaturated/α-hetero) is 1. The van der Waals surface area contributed by atoms with Crippen LogP contribution in [0.15, 0.2) is 60.7 Å². The molecule has 0 aliphatic heterocycles. The molecule has 1 N–H and O–H groups in total. The van der Waals surface area contributed by atoms with Crippen molar-refractivity contribution in [2.24, 2.45) is 11.8 Å². The first kappa shape index (κ1) is 25.4. The summed E-state index contributed by atoms with van der Waals surface area (Å²) in [5.41, 5.74) is 3.19. The van der Waals surface area contributed by atoms with Gasteiger partial charge in [0.1, 0.15) is 17.3 Å². The molecule has 6 heteroatoms. The molecule has 0 amide bonds. The monoisotopic (exact) mass is 490 g/mol. The van der Waals surface area contributed by atoms with E-state index >= 15 is 0 Å². The number of phenolic OH excluding ortho intramolecular Hbond substituents is 1. The van der Waals surface area contributed by atoms with Gasteiger partial charge in [-0.1, -0.05) is 43.3 Å². The fourth-order valence-electron chi connectivity index (χ4n) is 4.84. The van der Waals surface area contributed by atoms with Crippen LogP contribution in [0.5, 0.6) is 11.5 Å². The van der Waals surface area contributed by atoms with Crippen molar-refractivity contribution in [3.05, 3.63) is 83.2 Å². The summed E-state index contributed by atoms with van der Waals surface area (Å²) in [4.78, 5) is 24.9. The Morgan fingerprint density at radius 2 is 1.75 bits per heavy atom. The SMILES string of the molecule is COC(=O)[C@@H](C)C(c1ccc(CCC(=O)c2ccc(-c3cc(OC)ccc3F)cc2)c(O)c1)C1CC1. The van der Waals surface area contributed by atoms with E-state index in [1.807, 2.05) is 19.1 Å². The second-order valence-corrected chi connectivity index (χ2v) is 9.41. The van der Waals surface area contributed by atoms with E-state index in [2.05, 4.69) is 0 Å². The van der Waals surface area contributed by atoms with Crippen LogP contribution in [0.3, 0.4) is 0 Å². The molecule has 3 aromatic carbocycles. The van der Waals surface area contributed by atoms with Crippen LogP contribution >= 0.6 is 0 Å². The summed E-state index contributed by atoms with van der Waals surface area (Å²) in [5.74, 6) is 0.146. The molecule has 3 aromatic rings. The number of esters is 1. The molecule has 0 spiro atoms. The number of benzene rings is 3. The first-order valence-corrected chi connectivity index (χ1v) is 12.2. The number of hydrogen-bond acceptors (Lipinski definition) is 5. The first-order chi connectivity index (χ1) is 17.3. The minimum atomic E-state index is -0.362. The Bertz CT molecular complexity index is 1250. The van der Waals surface area contributed by atoms with E-state index in [-0.39, 0.29) is 41.6 Å². The second kappa shape index (κ2) is 10.9. The predicted octanol–water partition coefficient (Wildman–Crippen LogP) is 6.33. The van der Waals surface area contributed by atoms with E-state index in [9.17, 15) is 19.1 Å². The van der Waals surface area contributed by atoms with Crippen LogP contribution in [0, 0.1) is 17.7 Å². The number of methoxy groups -OCH3 is 2. The summed E-state index contributed by atoms with van der Waals surface area (Å²) >= 11 is 0. The van der Waals surface area contributed by atoms with Crippen molar-refractivity contribution in [2.75, 3.05) is 14.2 Å². The number of ketones is 1. The van der Waals surface area contributed by atoms with Gasteiger partial charge in [-0.25, -0.2) is 4.39 Å². The standard InChI is InChI=1S/C30H31FO5/c1-18(30(34)36-3)29(22-9-10-22)23-11-8-21(28(33)16-23)12-15-27(32)20-6-4-19(5-7-20)25-17-24(35-2)13-14-26(25)31/h4-8,11,13-14,16-18,22,29,33H,9-10,12,15H2,1-3H3/t18-,29?/m0/s1. The normalized spacial score (nSPS) is 14.7. The zero-order chi connectivity index (χ0) is 25.8. The summed E-state index contributed by atoms with van der Waals surface area (Å²) in [6.07, 6.45) is 2.74. The van der Waals surface area contributed by atoms with Crippen molar-refractivity contribution in [3.8, 4) is 22.6 Å². The maximum atomic E-state index is 14.3. The largest absolute Gasteiger partial charge is 0.508 e. The van der Waals surface area contributed by atoms with Gasteiger partial charge in [-0.05, 0) is 72.1 Å². The molecule has 1 unspecified atom stereocenters. The van der Waals surface area contributed by atoms with Crippen LogP contribution in [0.1, 0.15) is 53.6 Å². The number of rotatable bonds is 10. The molecule has 36 heavy (non-hydrogen) atoms. The average Bonchev–Trinajstić information content (AvgIpc) is 3.73. The lowest BCUT2D eigenvalue weighted by molar-refractivity contribution is -0.145. The Morgan fingerprint density at radius 1 is 1.03 bits per heavy atom. The quantitative estimate of drug-likeness (QED) is 0.266. The van der Waals surface area contributed by atoms with Crippen LogP contribution in [0.2, 0.25) is 0 Å². The van der Waals surface area contributed by atoms with E-state index in [0.29, 0.717) is 40.3 Å². The number of ether oxygens (including phenoxy) is 2. The minimum Gasteiger partial charge on any atom is -0.508 e. The molecule has 4 rings (SSSR count). The summed E-state index contributed by atoms with van der Waals surface area (Å²) in [7, 11) is 2.92. The highest BCUT2D eigenvalue weighted by atomic mass is 19.1. The van der Waals surface area contributed by atoms with Crippen LogP contribution in [0.25, 0.3) is 11.1 Å². The fourth-order valence-corrected chi connectivity index (χ4v) is 4.84. The molecule has 1 saturated carbocycles. The Balaban J connectivity index is 1.42. The van der Waals surface area contributed by atoms with E-state index in [1.54, 1.807) is 42.5 Å². The number of carbonyl (C=O) groups excluding carboxylic acids is 2. The molecule has 1 fully saturated rings. The van der Waals surface area contributed by atoms with Crippen LogP contribution in [-0.4, -0.2) is 31.1 Å². The maximum Gasteiger partial charge on any atom is 0.309 e. The second-order valence-electron chi connectivity index (χ2n) is 9.41. The van der Waals surface area contributed by atoms with E-state index < -0.39 is 0 Å². The molecule has 0 bridgehead atoms. The van der Waals surface area contributed by atoms with Crippen molar-refractivity contribution >= 4 is 11.8 Å². The van der Waals surface area contributed by atoms with Gasteiger partial charge >= 0.3 is 5.97 Å². The van der Waals surface area contributed by atoms with Gasteiger partial charge in [0.05, 0.1) is 20.1 Å². The lowest BCUT2D eigenvalue weighted by Gasteiger charge is -2.23. The van der Waals surface area contributed by atoms with Crippen molar-refractivity contribution in [2.45, 2.75) is 38.5 Å². The third-order valence-electron chi connectivity index (χ3n) is 7.05. The van der Waals surface area contributed by atoms with Crippen molar-refractivity contribution in [1.82, 2.24) is 0 Å². The molecule has 5 nitrogen and oxygen atoms in total. The Hall–Kier alpha value is -3.67. The minimum absolute atomic E-state index is 0.00645. The van der Waals surface area contributed by atoms with Crippen molar-refractivity contribution < 1.29 is 28.6 Å². The Morgan fingerprint density at radius 3 is 2.36 bits per heavy atom. The third kappa shape index (κ3) is 5.59. The van der Waals surface area contributed by atoms with Crippen LogP contribution in [0.4, 0.5) is 4.39 Å². The fraction of sp³-hybridized carbons (Fsp3) is 0.333. The van der Waals surface area contributed by atoms with Gasteiger partial charge in [0, 0.05) is 17.5 Å². The molecule has 2 atom stereocenters. The van der Waals surface area contributed by atoms with Gasteiger partial charge in [-0.15, -0.1) is 0 Å². The highest BCUT2D eigenvalue weighted by Gasteiger charge is 2.39. The third-order valence-corrected chi connectivity index (χ3v) is 7.05. The molecular weight excluding hydrogens is 459 g/mol. The zero-order valence-corrected chi connectivity index (χ0v) is 20.8. The first-order valence-electron chi connectivity index (χ1n) is 12.2. The van der Waals surface area contributed by atoms with Gasteiger partial charge in [0.25, 0.3) is 0 Å². The molecular formula is C30H31FO5. The molecule has 1 aliphatic rings. The molecule has 1 aliphatic carbocycles. The highest BCUT2D eigenvalue weighted by molar-refractivity contribution is 5.96. The highest BCUT2D eigenvalue weighted by Crippen LogP contribution is 2.47. The Labute approximate surface area is 210 Å². The van der Waals surface area contributed by atoms with Crippen molar-refractivity contribution in [3.63, 3.8) is 0 Å². The Kier molecular flexibility index (Phi) is 7.73. The van der Waals surface area contributed by atoms with E-state index in [0.717, 1.165) is 18.4 Å². The van der Waals surface area contributed by atoms with E-state index in [1.165, 1.54) is 20.3 Å². The average molecular weight is 491 g/mol. The molecule has 0 aromatic heterocycles. The number of hydrogen-bond donors (Lipinski definition) is 1. The topological polar surface area (TPSA) is 72.8 Å². The van der Waals surface area contributed by atoms with Gasteiger partial charge in [0.15, 0.2) is 5.78 Å². The van der Waals surface area contributed by atoms with Gasteiger partial charge in [-0.2, -0.15) is 0 Å². The number of aromatic hydroxyl groups is 1. The van der Waals surface area contributed by atoms with Gasteiger partial charge in [-0.3, -0.25) is 9.59 Å². The number of halogens is 1. The number of carbonyl (C=O) groups is 2. The summed E-state index contributed by atoms with van der Waals surface area (Å²) in [6, 6.07) is 16.9. The molecule has 188 valence electrons. The molecule has 0 radical (unpaired) electrons. The smallest absolute Gasteiger partial charge is 0.309 e. The van der Waals surface area contributed by atoms with Gasteiger partial charge in [0.2, 0.25) is 0 Å². The predicted molar refractivity (Wildman–Crippen MR) is 136 cm³/mol. The number of phenols is 1. The molecule has 0 heterocycles. The summed E-state index contributed by atoms with van der Waals surface area (Å²) in [6.45, 7) is 1.87. The zero-order valence-electron chi connectivity index (χ0n) is 20.8. The summed E-state index contributed by atoms with van der Waals surface area (Å²) < 4.78 is 24.4. The maximum absolute atomic E-state index is 14.3. The van der Waals surface area contributed by atoms with Crippen molar-refractivity contribution in [1.29, 1.82) is 0 Å². The van der Waals surface area contributed by atoms with E-state index in [4.69, 9.17) is 9.47 Å². The lowest BCUT2D eigenvalue weighted by atomic mass is 9.82. The number of aryl methyl sites for hydroxylation is 1. The van der Waals surface area contributed by atoms with Crippen LogP contribution < -0.4 is 4.74 Å². The van der Waals surface area contributed by atoms with Gasteiger partial charge < -0.3 is 14.6 Å². The summed E-state index contributed by atoms with van der Waals surface area (Å²) in [5, 5.41) is 10.7. The lowest BCUT2D eigenvalue weighted by Crippen LogP contribution is -2.22.